The number of aromatic nitrogens is 2. The van der Waals surface area contributed by atoms with E-state index in [0.717, 1.165) is 77.9 Å². The molecule has 2 aromatic heterocycles. The van der Waals surface area contributed by atoms with Crippen LogP contribution in [0.2, 0.25) is 0 Å². The number of para-hydroxylation sites is 3. The molecule has 11 rings (SSSR count). The normalized spacial score (nSPS) is 14.0. The Morgan fingerprint density at radius 1 is 0.500 bits per heavy atom. The first-order valence-electron chi connectivity index (χ1n) is 19.4. The van der Waals surface area contributed by atoms with Gasteiger partial charge >= 0.3 is 0 Å². The van der Waals surface area contributed by atoms with E-state index in [-0.39, 0.29) is 6.17 Å². The molecule has 0 saturated heterocycles. The standard InChI is InChI=1S/C52H34N6/c53-33-34-30-31-41-47(32-34)58(44-27-13-11-23-42(44)52-55-50(35-16-4-1-5-17-35)54-51(56-52)36-18-6-2-7-19-36)46-29-15-25-39(49(41)46)38-24-14-28-45-48(38)40-22-10-12-26-43(40)57(45)37-20-8-3-9-21-37/h1-32,50H,(H,54,55,56). The Morgan fingerprint density at radius 3 is 1.83 bits per heavy atom. The van der Waals surface area contributed by atoms with Gasteiger partial charge in [0.15, 0.2) is 5.84 Å². The second-order valence-corrected chi connectivity index (χ2v) is 14.5. The molecule has 1 N–H and O–H groups in total. The Balaban J connectivity index is 1.18. The van der Waals surface area contributed by atoms with Crippen LogP contribution >= 0.6 is 0 Å². The van der Waals surface area contributed by atoms with Gasteiger partial charge in [-0.2, -0.15) is 5.26 Å². The quantitative estimate of drug-likeness (QED) is 0.184. The average molecular weight is 743 g/mol. The summed E-state index contributed by atoms with van der Waals surface area (Å²) in [7, 11) is 0. The highest BCUT2D eigenvalue weighted by Crippen LogP contribution is 2.44. The first-order chi connectivity index (χ1) is 28.7. The molecule has 10 aromatic rings. The lowest BCUT2D eigenvalue weighted by atomic mass is 9.95. The molecule has 0 amide bonds. The molecular formula is C52H34N6. The predicted molar refractivity (Wildman–Crippen MR) is 237 cm³/mol. The van der Waals surface area contributed by atoms with Crippen LogP contribution in [0.4, 0.5) is 0 Å². The molecule has 6 heteroatoms. The van der Waals surface area contributed by atoms with Crippen molar-refractivity contribution in [3.8, 4) is 28.6 Å². The van der Waals surface area contributed by atoms with Crippen LogP contribution in [0.1, 0.15) is 28.4 Å². The van der Waals surface area contributed by atoms with Gasteiger partial charge in [0.2, 0.25) is 0 Å². The molecule has 1 aliphatic heterocycles. The van der Waals surface area contributed by atoms with Gasteiger partial charge in [0.05, 0.1) is 39.4 Å². The average Bonchev–Trinajstić information content (AvgIpc) is 3.82. The first kappa shape index (κ1) is 33.3. The lowest BCUT2D eigenvalue weighted by Crippen LogP contribution is -2.33. The molecule has 58 heavy (non-hydrogen) atoms. The lowest BCUT2D eigenvalue weighted by molar-refractivity contribution is 0.674. The maximum Gasteiger partial charge on any atom is 0.161 e. The molecule has 0 radical (unpaired) electrons. The predicted octanol–water partition coefficient (Wildman–Crippen LogP) is 11.9. The molecule has 0 fully saturated rings. The zero-order valence-corrected chi connectivity index (χ0v) is 31.3. The number of nitrogens with one attached hydrogen (secondary N) is 1. The van der Waals surface area contributed by atoms with Crippen LogP contribution in [0.3, 0.4) is 0 Å². The molecule has 8 aromatic carbocycles. The summed E-state index contributed by atoms with van der Waals surface area (Å²) >= 11 is 0. The summed E-state index contributed by atoms with van der Waals surface area (Å²) in [5.41, 5.74) is 12.1. The van der Waals surface area contributed by atoms with E-state index in [2.05, 4.69) is 160 Å². The van der Waals surface area contributed by atoms with Gasteiger partial charge in [0, 0.05) is 38.4 Å². The molecule has 1 aliphatic rings. The maximum absolute atomic E-state index is 10.2. The maximum atomic E-state index is 10.2. The van der Waals surface area contributed by atoms with Crippen LogP contribution in [0, 0.1) is 11.3 Å². The summed E-state index contributed by atoms with van der Waals surface area (Å²) in [5.74, 6) is 1.39. The Labute approximate surface area is 334 Å². The number of nitriles is 1. The number of hydrogen-bond donors (Lipinski definition) is 1. The van der Waals surface area contributed by atoms with Crippen molar-refractivity contribution in [2.75, 3.05) is 0 Å². The molecule has 0 spiro atoms. The van der Waals surface area contributed by atoms with Crippen molar-refractivity contribution < 1.29 is 0 Å². The third kappa shape index (κ3) is 5.33. The van der Waals surface area contributed by atoms with Crippen molar-refractivity contribution >= 4 is 55.3 Å². The molecule has 1 unspecified atom stereocenters. The Morgan fingerprint density at radius 2 is 1.09 bits per heavy atom. The van der Waals surface area contributed by atoms with Crippen molar-refractivity contribution in [3.05, 3.63) is 216 Å². The Kier molecular flexibility index (Phi) is 7.83. The van der Waals surface area contributed by atoms with Crippen molar-refractivity contribution in [2.45, 2.75) is 6.17 Å². The summed E-state index contributed by atoms with van der Waals surface area (Å²) in [6.07, 6.45) is -0.342. The number of rotatable bonds is 6. The summed E-state index contributed by atoms with van der Waals surface area (Å²) in [4.78, 5) is 10.5. The molecule has 0 bridgehead atoms. The second kappa shape index (κ2) is 13.6. The smallest absolute Gasteiger partial charge is 0.161 e. The molecule has 3 heterocycles. The zero-order valence-electron chi connectivity index (χ0n) is 31.3. The third-order valence-corrected chi connectivity index (χ3v) is 11.2. The number of benzene rings is 8. The van der Waals surface area contributed by atoms with Gasteiger partial charge in [-0.05, 0) is 71.3 Å². The summed E-state index contributed by atoms with van der Waals surface area (Å²) in [6, 6.07) is 69.7. The second-order valence-electron chi connectivity index (χ2n) is 14.5. The van der Waals surface area contributed by atoms with Crippen molar-refractivity contribution in [1.29, 1.82) is 5.26 Å². The molecule has 1 atom stereocenters. The van der Waals surface area contributed by atoms with E-state index in [1.165, 1.54) is 10.8 Å². The van der Waals surface area contributed by atoms with Crippen molar-refractivity contribution in [3.63, 3.8) is 0 Å². The Hall–Kier alpha value is -8.01. The van der Waals surface area contributed by atoms with Crippen molar-refractivity contribution in [1.82, 2.24) is 14.5 Å². The van der Waals surface area contributed by atoms with Gasteiger partial charge in [0.25, 0.3) is 0 Å². The monoisotopic (exact) mass is 742 g/mol. The molecular weight excluding hydrogens is 709 g/mol. The minimum absolute atomic E-state index is 0.342. The fourth-order valence-corrected chi connectivity index (χ4v) is 8.70. The van der Waals surface area contributed by atoms with Crippen LogP contribution < -0.4 is 5.32 Å². The van der Waals surface area contributed by atoms with E-state index >= 15 is 0 Å². The van der Waals surface area contributed by atoms with Crippen LogP contribution in [-0.4, -0.2) is 20.8 Å². The van der Waals surface area contributed by atoms with Gasteiger partial charge in [-0.25, -0.2) is 9.98 Å². The number of fused-ring (bicyclic) bond motifs is 6. The van der Waals surface area contributed by atoms with Crippen LogP contribution in [-0.2, 0) is 0 Å². The van der Waals surface area contributed by atoms with E-state index in [4.69, 9.17) is 9.98 Å². The fraction of sp³-hybridized carbons (Fsp3) is 0.0192. The number of aliphatic imine (C=N–C) groups is 2. The summed E-state index contributed by atoms with van der Waals surface area (Å²) < 4.78 is 4.65. The molecule has 0 saturated carbocycles. The topological polar surface area (TPSA) is 70.4 Å². The van der Waals surface area contributed by atoms with E-state index in [1.807, 2.05) is 54.6 Å². The first-order valence-corrected chi connectivity index (χ1v) is 19.4. The fourth-order valence-electron chi connectivity index (χ4n) is 8.70. The number of amidine groups is 2. The van der Waals surface area contributed by atoms with Crippen molar-refractivity contribution in [2.24, 2.45) is 9.98 Å². The number of hydrogen-bond acceptors (Lipinski definition) is 4. The lowest BCUT2D eigenvalue weighted by Gasteiger charge is -2.24. The molecule has 0 aliphatic carbocycles. The van der Waals surface area contributed by atoms with Gasteiger partial charge in [-0.1, -0.05) is 140 Å². The number of nitrogens with zero attached hydrogens (tertiary/aromatic N) is 5. The van der Waals surface area contributed by atoms with E-state index in [9.17, 15) is 5.26 Å². The molecule has 272 valence electrons. The van der Waals surface area contributed by atoms with Gasteiger partial charge < -0.3 is 14.5 Å². The largest absolute Gasteiger partial charge is 0.344 e. The SMILES string of the molecule is N#Cc1ccc2c3c(-c4cccc5c4c4ccccc4n5-c4ccccc4)cccc3n(-c3ccccc3C3=NC(c4ccccc4)NC(c4ccccc4)=N3)c2c1. The zero-order chi connectivity index (χ0) is 38.6. The minimum Gasteiger partial charge on any atom is -0.344 e. The van der Waals surface area contributed by atoms with Gasteiger partial charge in [0.1, 0.15) is 12.0 Å². The summed E-state index contributed by atoms with van der Waals surface area (Å²) in [6.45, 7) is 0. The van der Waals surface area contributed by atoms with E-state index in [1.54, 1.807) is 0 Å². The van der Waals surface area contributed by atoms with E-state index < -0.39 is 0 Å². The van der Waals surface area contributed by atoms with Crippen LogP contribution in [0.5, 0.6) is 0 Å². The molecule has 6 nitrogen and oxygen atoms in total. The highest BCUT2D eigenvalue weighted by molar-refractivity contribution is 6.23. The minimum atomic E-state index is -0.342. The highest BCUT2D eigenvalue weighted by atomic mass is 15.2. The van der Waals surface area contributed by atoms with Crippen LogP contribution in [0.25, 0.3) is 66.1 Å². The third-order valence-electron chi connectivity index (χ3n) is 11.2. The van der Waals surface area contributed by atoms with E-state index in [0.29, 0.717) is 11.4 Å². The Bertz CT molecular complexity index is 3310. The van der Waals surface area contributed by atoms with Gasteiger partial charge in [-0.15, -0.1) is 0 Å². The highest BCUT2D eigenvalue weighted by Gasteiger charge is 2.25. The summed E-state index contributed by atoms with van der Waals surface area (Å²) in [5, 5.41) is 18.4. The van der Waals surface area contributed by atoms with Gasteiger partial charge in [-0.3, -0.25) is 0 Å². The van der Waals surface area contributed by atoms with Crippen LogP contribution in [0.15, 0.2) is 204 Å².